The number of benzene rings is 2. The summed E-state index contributed by atoms with van der Waals surface area (Å²) in [7, 11) is 0. The Labute approximate surface area is 152 Å². The van der Waals surface area contributed by atoms with Gasteiger partial charge in [0.2, 0.25) is 0 Å². The molecule has 3 aromatic rings. The van der Waals surface area contributed by atoms with Gasteiger partial charge in [-0.15, -0.1) is 10.2 Å². The van der Waals surface area contributed by atoms with Gasteiger partial charge < -0.3 is 10.2 Å². The fourth-order valence-electron chi connectivity index (χ4n) is 3.21. The van der Waals surface area contributed by atoms with Crippen LogP contribution in [-0.4, -0.2) is 22.6 Å². The summed E-state index contributed by atoms with van der Waals surface area (Å²) in [6, 6.07) is 19.7. The summed E-state index contributed by atoms with van der Waals surface area (Å²) in [5.41, 5.74) is 4.83. The number of hydrogen-bond donors (Lipinski definition) is 1. The van der Waals surface area contributed by atoms with E-state index in [0.29, 0.717) is 5.69 Å². The number of carbonyl (C=O) groups is 1. The minimum absolute atomic E-state index is 0.248. The molecular formula is C21H20N4O. The molecule has 4 rings (SSSR count). The standard InChI is InChI=1S/C21H20N4O/c1-15-6-2-5-9-18(15)22-21(26)19-10-11-20(24-23-19)25-13-12-16-7-3-4-8-17(16)14-25/h2-11H,12-14H2,1H3,(H,22,26). The van der Waals surface area contributed by atoms with Gasteiger partial charge in [-0.2, -0.15) is 0 Å². The van der Waals surface area contributed by atoms with Crippen LogP contribution in [0.25, 0.3) is 0 Å². The van der Waals surface area contributed by atoms with Crippen molar-refractivity contribution >= 4 is 17.4 Å². The van der Waals surface area contributed by atoms with Crippen molar-refractivity contribution in [3.05, 3.63) is 83.0 Å². The summed E-state index contributed by atoms with van der Waals surface area (Å²) in [4.78, 5) is 14.6. The highest BCUT2D eigenvalue weighted by atomic mass is 16.1. The Hall–Kier alpha value is -3.21. The molecular weight excluding hydrogens is 324 g/mol. The van der Waals surface area contributed by atoms with Gasteiger partial charge in [-0.1, -0.05) is 42.5 Å². The number of fused-ring (bicyclic) bond motifs is 1. The predicted molar refractivity (Wildman–Crippen MR) is 102 cm³/mol. The maximum atomic E-state index is 12.4. The lowest BCUT2D eigenvalue weighted by molar-refractivity contribution is 0.102. The molecule has 0 radical (unpaired) electrons. The number of carbonyl (C=O) groups excluding carboxylic acids is 1. The zero-order valence-electron chi connectivity index (χ0n) is 14.6. The number of aromatic nitrogens is 2. The van der Waals surface area contributed by atoms with Gasteiger partial charge in [0.05, 0.1) is 0 Å². The maximum Gasteiger partial charge on any atom is 0.276 e. The smallest absolute Gasteiger partial charge is 0.276 e. The Morgan fingerprint density at radius 1 is 0.962 bits per heavy atom. The second-order valence-electron chi connectivity index (χ2n) is 6.49. The van der Waals surface area contributed by atoms with Crippen molar-refractivity contribution in [1.29, 1.82) is 0 Å². The van der Waals surface area contributed by atoms with Gasteiger partial charge in [-0.05, 0) is 48.2 Å². The molecule has 130 valence electrons. The molecule has 1 aromatic heterocycles. The first-order valence-corrected chi connectivity index (χ1v) is 8.73. The van der Waals surface area contributed by atoms with E-state index < -0.39 is 0 Å². The molecule has 26 heavy (non-hydrogen) atoms. The van der Waals surface area contributed by atoms with Crippen LogP contribution in [-0.2, 0) is 13.0 Å². The van der Waals surface area contributed by atoms with E-state index >= 15 is 0 Å². The predicted octanol–water partition coefficient (Wildman–Crippen LogP) is 3.60. The van der Waals surface area contributed by atoms with Crippen molar-refractivity contribution in [3.63, 3.8) is 0 Å². The molecule has 5 nitrogen and oxygen atoms in total. The lowest BCUT2D eigenvalue weighted by Gasteiger charge is -2.29. The van der Waals surface area contributed by atoms with E-state index in [2.05, 4.69) is 44.7 Å². The van der Waals surface area contributed by atoms with E-state index in [9.17, 15) is 4.79 Å². The Kier molecular flexibility index (Phi) is 4.35. The molecule has 0 bridgehead atoms. The summed E-state index contributed by atoms with van der Waals surface area (Å²) in [6.45, 7) is 3.68. The van der Waals surface area contributed by atoms with Crippen molar-refractivity contribution in [3.8, 4) is 0 Å². The zero-order valence-corrected chi connectivity index (χ0v) is 14.6. The molecule has 0 aliphatic carbocycles. The first-order chi connectivity index (χ1) is 12.7. The van der Waals surface area contributed by atoms with Crippen LogP contribution >= 0.6 is 0 Å². The largest absolute Gasteiger partial charge is 0.350 e. The second-order valence-corrected chi connectivity index (χ2v) is 6.49. The monoisotopic (exact) mass is 344 g/mol. The molecule has 0 saturated carbocycles. The molecule has 1 aliphatic heterocycles. The zero-order chi connectivity index (χ0) is 17.9. The minimum atomic E-state index is -0.248. The molecule has 0 unspecified atom stereocenters. The third kappa shape index (κ3) is 3.28. The molecule has 2 heterocycles. The average molecular weight is 344 g/mol. The van der Waals surface area contributed by atoms with Crippen LogP contribution in [0.15, 0.2) is 60.7 Å². The van der Waals surface area contributed by atoms with Crippen molar-refractivity contribution < 1.29 is 4.79 Å². The summed E-state index contributed by atoms with van der Waals surface area (Å²) in [6.07, 6.45) is 0.993. The van der Waals surface area contributed by atoms with Gasteiger partial charge in [0, 0.05) is 18.8 Å². The first kappa shape index (κ1) is 16.3. The summed E-state index contributed by atoms with van der Waals surface area (Å²) >= 11 is 0. The molecule has 0 fully saturated rings. The number of aryl methyl sites for hydroxylation is 1. The van der Waals surface area contributed by atoms with E-state index in [1.165, 1.54) is 11.1 Å². The summed E-state index contributed by atoms with van der Waals surface area (Å²) in [5, 5.41) is 11.3. The molecule has 2 aromatic carbocycles. The van der Waals surface area contributed by atoms with Gasteiger partial charge in [-0.3, -0.25) is 4.79 Å². The Balaban J connectivity index is 1.47. The van der Waals surface area contributed by atoms with Crippen molar-refractivity contribution in [2.75, 3.05) is 16.8 Å². The van der Waals surface area contributed by atoms with Crippen LogP contribution in [0.3, 0.4) is 0 Å². The van der Waals surface area contributed by atoms with Crippen LogP contribution < -0.4 is 10.2 Å². The van der Waals surface area contributed by atoms with Crippen molar-refractivity contribution in [1.82, 2.24) is 10.2 Å². The first-order valence-electron chi connectivity index (χ1n) is 8.73. The van der Waals surface area contributed by atoms with E-state index in [1.807, 2.05) is 37.3 Å². The van der Waals surface area contributed by atoms with Gasteiger partial charge in [0.25, 0.3) is 5.91 Å². The number of para-hydroxylation sites is 1. The van der Waals surface area contributed by atoms with Crippen LogP contribution in [0.2, 0.25) is 0 Å². The summed E-state index contributed by atoms with van der Waals surface area (Å²) < 4.78 is 0. The maximum absolute atomic E-state index is 12.4. The minimum Gasteiger partial charge on any atom is -0.350 e. The van der Waals surface area contributed by atoms with Crippen LogP contribution in [0, 0.1) is 6.92 Å². The molecule has 1 N–H and O–H groups in total. The highest BCUT2D eigenvalue weighted by Crippen LogP contribution is 2.22. The highest BCUT2D eigenvalue weighted by Gasteiger charge is 2.18. The van der Waals surface area contributed by atoms with Gasteiger partial charge >= 0.3 is 0 Å². The van der Waals surface area contributed by atoms with Crippen molar-refractivity contribution in [2.24, 2.45) is 0 Å². The van der Waals surface area contributed by atoms with E-state index in [1.54, 1.807) is 6.07 Å². The molecule has 1 aliphatic rings. The average Bonchev–Trinajstić information content (AvgIpc) is 2.69. The Bertz CT molecular complexity index is 937. The van der Waals surface area contributed by atoms with Crippen molar-refractivity contribution in [2.45, 2.75) is 19.9 Å². The topological polar surface area (TPSA) is 58.1 Å². The van der Waals surface area contributed by atoms with Gasteiger partial charge in [0.15, 0.2) is 11.5 Å². The number of anilines is 2. The lowest BCUT2D eigenvalue weighted by Crippen LogP contribution is -2.31. The molecule has 1 amide bonds. The van der Waals surface area contributed by atoms with Crippen LogP contribution in [0.5, 0.6) is 0 Å². The fourth-order valence-corrected chi connectivity index (χ4v) is 3.21. The summed E-state index contributed by atoms with van der Waals surface area (Å²) in [5.74, 6) is 0.550. The molecule has 5 heteroatoms. The molecule has 0 saturated heterocycles. The quantitative estimate of drug-likeness (QED) is 0.789. The van der Waals surface area contributed by atoms with E-state index in [4.69, 9.17) is 0 Å². The number of rotatable bonds is 3. The lowest BCUT2D eigenvalue weighted by atomic mass is 10.00. The normalized spacial score (nSPS) is 13.2. The van der Waals surface area contributed by atoms with Crippen LogP contribution in [0.4, 0.5) is 11.5 Å². The van der Waals surface area contributed by atoms with E-state index in [0.717, 1.165) is 36.6 Å². The molecule has 0 spiro atoms. The van der Waals surface area contributed by atoms with E-state index in [-0.39, 0.29) is 5.91 Å². The van der Waals surface area contributed by atoms with Crippen LogP contribution in [0.1, 0.15) is 27.2 Å². The number of nitrogens with zero attached hydrogens (tertiary/aromatic N) is 3. The van der Waals surface area contributed by atoms with Gasteiger partial charge in [0.1, 0.15) is 0 Å². The Morgan fingerprint density at radius 2 is 1.73 bits per heavy atom. The fraction of sp³-hybridized carbons (Fsp3) is 0.190. The molecule has 0 atom stereocenters. The highest BCUT2D eigenvalue weighted by molar-refractivity contribution is 6.03. The number of nitrogens with one attached hydrogen (secondary N) is 1. The SMILES string of the molecule is Cc1ccccc1NC(=O)c1ccc(N2CCc3ccccc3C2)nn1. The number of amides is 1. The Morgan fingerprint density at radius 3 is 2.50 bits per heavy atom. The third-order valence-corrected chi connectivity index (χ3v) is 4.73. The third-order valence-electron chi connectivity index (χ3n) is 4.73. The van der Waals surface area contributed by atoms with Gasteiger partial charge in [-0.25, -0.2) is 0 Å². The number of hydrogen-bond acceptors (Lipinski definition) is 4. The second kappa shape index (κ2) is 6.96.